The molecule has 0 fully saturated rings. The molecule has 2 heterocycles. The van der Waals surface area contributed by atoms with Gasteiger partial charge in [-0.05, 0) is 78.4 Å². The van der Waals surface area contributed by atoms with Gasteiger partial charge in [0, 0.05) is 50.1 Å². The summed E-state index contributed by atoms with van der Waals surface area (Å²) in [5, 5.41) is 16.0. The lowest BCUT2D eigenvalue weighted by Crippen LogP contribution is -2.17. The van der Waals surface area contributed by atoms with Gasteiger partial charge in [0.1, 0.15) is 12.4 Å². The van der Waals surface area contributed by atoms with Gasteiger partial charge in [-0.1, -0.05) is 47.0 Å². The molecule has 2 aromatic heterocycles. The topological polar surface area (TPSA) is 113 Å². The van der Waals surface area contributed by atoms with Gasteiger partial charge < -0.3 is 14.4 Å². The molecule has 0 radical (unpaired) electrons. The summed E-state index contributed by atoms with van der Waals surface area (Å²) in [4.78, 5) is 19.3. The van der Waals surface area contributed by atoms with Crippen LogP contribution in [0.5, 0.6) is 5.75 Å². The molecule has 5 aromatic rings. The number of carboxylic acid groups (broad SMARTS) is 1. The standard InChI is InChI=1S/C31H26ClN5O3/c32-22-8-4-19(5-9-22)17-37-29-13-12-25(16-27(29)26-3-1-2-21(31(26)37)14-30(38)39)40-18-24-11-7-20-6-10-23(35-36-33)15-28(20)34-24/h4-13,15-16,21H,1-3,14,17-18H2,(H,38,39). The number of hydrogen-bond donors (Lipinski definition) is 1. The van der Waals surface area contributed by atoms with Crippen LogP contribution in [0, 0.1) is 0 Å². The number of ether oxygens (including phenoxy) is 1. The Balaban J connectivity index is 1.34. The predicted octanol–water partition coefficient (Wildman–Crippen LogP) is 8.31. The van der Waals surface area contributed by atoms with E-state index in [2.05, 4.69) is 31.7 Å². The van der Waals surface area contributed by atoms with E-state index in [1.54, 1.807) is 12.1 Å². The summed E-state index contributed by atoms with van der Waals surface area (Å²) in [5.41, 5.74) is 15.2. The summed E-state index contributed by atoms with van der Waals surface area (Å²) in [6.07, 6.45) is 2.82. The fourth-order valence-electron chi connectivity index (χ4n) is 5.76. The molecule has 6 rings (SSSR count). The number of fused-ring (bicyclic) bond motifs is 4. The second-order valence-corrected chi connectivity index (χ2v) is 10.5. The maximum atomic E-state index is 11.7. The van der Waals surface area contributed by atoms with Crippen LogP contribution in [0.1, 0.15) is 47.7 Å². The predicted molar refractivity (Wildman–Crippen MR) is 155 cm³/mol. The molecule has 0 saturated heterocycles. The molecule has 0 aliphatic heterocycles. The van der Waals surface area contributed by atoms with E-state index in [-0.39, 0.29) is 18.9 Å². The first-order chi connectivity index (χ1) is 19.5. The van der Waals surface area contributed by atoms with Crippen molar-refractivity contribution in [3.8, 4) is 5.75 Å². The number of carboxylic acids is 1. The average molecular weight is 552 g/mol. The second kappa shape index (κ2) is 10.9. The monoisotopic (exact) mass is 551 g/mol. The zero-order valence-corrected chi connectivity index (χ0v) is 22.4. The molecule has 1 N–H and O–H groups in total. The van der Waals surface area contributed by atoms with Crippen molar-refractivity contribution in [2.24, 2.45) is 5.11 Å². The molecule has 1 unspecified atom stereocenters. The Kier molecular flexibility index (Phi) is 7.03. The third-order valence-electron chi connectivity index (χ3n) is 7.51. The lowest BCUT2D eigenvalue weighted by Gasteiger charge is -2.24. The largest absolute Gasteiger partial charge is 0.487 e. The van der Waals surface area contributed by atoms with Gasteiger partial charge in [-0.15, -0.1) is 0 Å². The van der Waals surface area contributed by atoms with Crippen LogP contribution in [-0.2, 0) is 24.4 Å². The van der Waals surface area contributed by atoms with Gasteiger partial charge in [0.25, 0.3) is 0 Å². The summed E-state index contributed by atoms with van der Waals surface area (Å²) in [6, 6.07) is 23.2. The highest BCUT2D eigenvalue weighted by Crippen LogP contribution is 2.41. The Morgan fingerprint density at radius 3 is 2.75 bits per heavy atom. The number of nitrogens with zero attached hydrogens (tertiary/aromatic N) is 5. The molecule has 9 heteroatoms. The fraction of sp³-hybridized carbons (Fsp3) is 0.226. The van der Waals surface area contributed by atoms with Crippen molar-refractivity contribution in [1.29, 1.82) is 0 Å². The molecule has 1 atom stereocenters. The number of aliphatic carboxylic acids is 1. The molecule has 3 aromatic carbocycles. The van der Waals surface area contributed by atoms with Gasteiger partial charge in [-0.2, -0.15) is 0 Å². The number of pyridine rings is 1. The Hall–Kier alpha value is -4.52. The number of aryl methyl sites for hydroxylation is 1. The summed E-state index contributed by atoms with van der Waals surface area (Å²) in [7, 11) is 0. The zero-order chi connectivity index (χ0) is 27.6. The lowest BCUT2D eigenvalue weighted by atomic mass is 9.84. The first-order valence-electron chi connectivity index (χ1n) is 13.2. The SMILES string of the molecule is [N-]=[N+]=Nc1ccc2ccc(COc3ccc4c(c3)c3c(n4Cc4ccc(Cl)cc4)C(CC(=O)O)CCC3)nc2c1. The minimum Gasteiger partial charge on any atom is -0.487 e. The van der Waals surface area contributed by atoms with Crippen molar-refractivity contribution in [3.63, 3.8) is 0 Å². The van der Waals surface area contributed by atoms with Crippen LogP contribution in [0.15, 0.2) is 77.9 Å². The average Bonchev–Trinajstić information content (AvgIpc) is 3.26. The maximum absolute atomic E-state index is 11.7. The molecule has 1 aliphatic rings. The lowest BCUT2D eigenvalue weighted by molar-refractivity contribution is -0.137. The number of azide groups is 1. The van der Waals surface area contributed by atoms with E-state index in [1.807, 2.05) is 48.5 Å². The van der Waals surface area contributed by atoms with E-state index in [9.17, 15) is 9.90 Å². The van der Waals surface area contributed by atoms with Crippen molar-refractivity contribution in [3.05, 3.63) is 111 Å². The Labute approximate surface area is 235 Å². The number of hydrogen-bond acceptors (Lipinski definition) is 4. The molecule has 1 aliphatic carbocycles. The van der Waals surface area contributed by atoms with Crippen LogP contribution in [-0.4, -0.2) is 20.6 Å². The summed E-state index contributed by atoms with van der Waals surface area (Å²) < 4.78 is 8.46. The molecule has 0 amide bonds. The number of rotatable bonds is 8. The minimum atomic E-state index is -0.778. The number of aromatic nitrogens is 2. The van der Waals surface area contributed by atoms with Gasteiger partial charge in [-0.3, -0.25) is 4.79 Å². The first kappa shape index (κ1) is 25.7. The zero-order valence-electron chi connectivity index (χ0n) is 21.6. The Morgan fingerprint density at radius 2 is 1.95 bits per heavy atom. The second-order valence-electron chi connectivity index (χ2n) is 10.1. The smallest absolute Gasteiger partial charge is 0.304 e. The Morgan fingerprint density at radius 1 is 1.12 bits per heavy atom. The van der Waals surface area contributed by atoms with Crippen LogP contribution in [0.2, 0.25) is 5.02 Å². The molecular weight excluding hydrogens is 526 g/mol. The van der Waals surface area contributed by atoms with Crippen molar-refractivity contribution < 1.29 is 14.6 Å². The van der Waals surface area contributed by atoms with Crippen LogP contribution in [0.4, 0.5) is 5.69 Å². The number of halogens is 1. The molecular formula is C31H26ClN5O3. The molecule has 0 spiro atoms. The van der Waals surface area contributed by atoms with Gasteiger partial charge >= 0.3 is 5.97 Å². The number of carbonyl (C=O) groups is 1. The maximum Gasteiger partial charge on any atom is 0.304 e. The van der Waals surface area contributed by atoms with Gasteiger partial charge in [0.05, 0.1) is 17.6 Å². The molecule has 40 heavy (non-hydrogen) atoms. The quantitative estimate of drug-likeness (QED) is 0.119. The Bertz CT molecular complexity index is 1790. The van der Waals surface area contributed by atoms with Crippen LogP contribution in [0.3, 0.4) is 0 Å². The van der Waals surface area contributed by atoms with E-state index in [0.717, 1.165) is 63.8 Å². The summed E-state index contributed by atoms with van der Waals surface area (Å²) >= 11 is 6.12. The summed E-state index contributed by atoms with van der Waals surface area (Å²) in [6.45, 7) is 0.917. The molecule has 200 valence electrons. The highest BCUT2D eigenvalue weighted by molar-refractivity contribution is 6.30. The van der Waals surface area contributed by atoms with Gasteiger partial charge in [0.15, 0.2) is 0 Å². The third-order valence-corrected chi connectivity index (χ3v) is 7.76. The molecule has 0 bridgehead atoms. The summed E-state index contributed by atoms with van der Waals surface area (Å²) in [5.74, 6) is -0.0917. The van der Waals surface area contributed by atoms with E-state index >= 15 is 0 Å². The van der Waals surface area contributed by atoms with E-state index < -0.39 is 5.97 Å². The normalized spacial score (nSPS) is 14.6. The molecule has 8 nitrogen and oxygen atoms in total. The molecule has 0 saturated carbocycles. The number of benzene rings is 3. The minimum absolute atomic E-state index is 0.0395. The van der Waals surface area contributed by atoms with Crippen molar-refractivity contribution in [2.45, 2.75) is 44.8 Å². The van der Waals surface area contributed by atoms with Crippen molar-refractivity contribution in [2.75, 3.05) is 0 Å². The van der Waals surface area contributed by atoms with Gasteiger partial charge in [-0.25, -0.2) is 4.98 Å². The van der Waals surface area contributed by atoms with Crippen molar-refractivity contribution in [1.82, 2.24) is 9.55 Å². The van der Waals surface area contributed by atoms with E-state index in [1.165, 1.54) is 5.56 Å². The third kappa shape index (κ3) is 5.19. The highest BCUT2D eigenvalue weighted by atomic mass is 35.5. The van der Waals surface area contributed by atoms with E-state index in [0.29, 0.717) is 17.3 Å². The van der Waals surface area contributed by atoms with Crippen LogP contribution < -0.4 is 4.74 Å². The first-order valence-corrected chi connectivity index (χ1v) is 13.5. The highest BCUT2D eigenvalue weighted by Gasteiger charge is 2.29. The van der Waals surface area contributed by atoms with Crippen LogP contribution in [0.25, 0.3) is 32.2 Å². The van der Waals surface area contributed by atoms with Crippen molar-refractivity contribution >= 4 is 45.1 Å². The van der Waals surface area contributed by atoms with Crippen LogP contribution >= 0.6 is 11.6 Å². The van der Waals surface area contributed by atoms with E-state index in [4.69, 9.17) is 21.9 Å². The van der Waals surface area contributed by atoms with Gasteiger partial charge in [0.2, 0.25) is 0 Å². The fourth-order valence-corrected chi connectivity index (χ4v) is 5.88.